The molecule has 112 valence electrons. The van der Waals surface area contributed by atoms with E-state index in [-0.39, 0.29) is 17.3 Å². The summed E-state index contributed by atoms with van der Waals surface area (Å²) in [6.07, 6.45) is 3.12. The lowest BCUT2D eigenvalue weighted by Crippen LogP contribution is -2.28. The summed E-state index contributed by atoms with van der Waals surface area (Å²) >= 11 is 0. The van der Waals surface area contributed by atoms with Gasteiger partial charge in [-0.05, 0) is 19.9 Å². The minimum absolute atomic E-state index is 0.105. The van der Waals surface area contributed by atoms with E-state index in [9.17, 15) is 9.59 Å². The van der Waals surface area contributed by atoms with Crippen molar-refractivity contribution in [3.63, 3.8) is 0 Å². The predicted molar refractivity (Wildman–Crippen MR) is 73.9 cm³/mol. The fourth-order valence-corrected chi connectivity index (χ4v) is 1.94. The second-order valence-corrected chi connectivity index (χ2v) is 4.66. The maximum Gasteiger partial charge on any atom is 0.339 e. The van der Waals surface area contributed by atoms with Gasteiger partial charge in [0.1, 0.15) is 5.56 Å². The van der Waals surface area contributed by atoms with E-state index in [0.717, 1.165) is 6.54 Å². The number of carboxylic acids is 1. The van der Waals surface area contributed by atoms with Gasteiger partial charge in [0, 0.05) is 26.0 Å². The van der Waals surface area contributed by atoms with Crippen LogP contribution in [-0.4, -0.2) is 36.5 Å². The fraction of sp³-hybridized carbons (Fsp3) is 0.385. The van der Waals surface area contributed by atoms with Crippen LogP contribution in [0.1, 0.15) is 46.4 Å². The Bertz CT molecular complexity index is 673. The van der Waals surface area contributed by atoms with Crippen LogP contribution < -0.4 is 5.32 Å². The van der Waals surface area contributed by atoms with E-state index in [1.807, 2.05) is 19.2 Å². The van der Waals surface area contributed by atoms with Crippen LogP contribution in [0.15, 0.2) is 18.5 Å². The van der Waals surface area contributed by atoms with Crippen LogP contribution in [0.2, 0.25) is 0 Å². The van der Waals surface area contributed by atoms with Crippen LogP contribution in [0, 0.1) is 0 Å². The molecule has 2 aromatic rings. The molecule has 1 amide bonds. The minimum atomic E-state index is -1.18. The second kappa shape index (κ2) is 5.78. The number of aromatic carboxylic acids is 1. The zero-order chi connectivity index (χ0) is 15.6. The fourth-order valence-electron chi connectivity index (χ4n) is 1.94. The van der Waals surface area contributed by atoms with Crippen molar-refractivity contribution in [2.45, 2.75) is 26.4 Å². The number of hydrogen-bond acceptors (Lipinski definition) is 4. The first-order chi connectivity index (χ1) is 9.92. The summed E-state index contributed by atoms with van der Waals surface area (Å²) < 4.78 is 3.05. The third-order valence-corrected chi connectivity index (χ3v) is 3.05. The zero-order valence-electron chi connectivity index (χ0n) is 12.1. The van der Waals surface area contributed by atoms with E-state index in [1.54, 1.807) is 18.7 Å². The maximum absolute atomic E-state index is 12.2. The molecule has 0 radical (unpaired) electrons. The lowest BCUT2D eigenvalue weighted by molar-refractivity contribution is 0.0690. The molecule has 8 nitrogen and oxygen atoms in total. The highest BCUT2D eigenvalue weighted by atomic mass is 16.4. The summed E-state index contributed by atoms with van der Waals surface area (Å²) in [6.45, 7) is 4.49. The molecular weight excluding hydrogens is 274 g/mol. The molecule has 0 fully saturated rings. The molecule has 0 aromatic carbocycles. The van der Waals surface area contributed by atoms with Crippen LogP contribution in [-0.2, 0) is 13.6 Å². The summed E-state index contributed by atoms with van der Waals surface area (Å²) in [6, 6.07) is 1.47. The highest BCUT2D eigenvalue weighted by molar-refractivity contribution is 6.03. The first kappa shape index (κ1) is 14.8. The van der Waals surface area contributed by atoms with Crippen LogP contribution in [0.5, 0.6) is 0 Å². The zero-order valence-corrected chi connectivity index (χ0v) is 12.1. The molecule has 21 heavy (non-hydrogen) atoms. The van der Waals surface area contributed by atoms with Gasteiger partial charge in [0.05, 0.1) is 11.7 Å². The molecule has 0 bridgehead atoms. The molecule has 0 unspecified atom stereocenters. The standard InChI is InChI=1S/C13H17N5O3/c1-4-18-6-5-10(15-18)8(2)14-12(19)11-9(13(20)21)7-17(3)16-11/h5-8H,4H2,1-3H3,(H,14,19)(H,20,21)/t8-/m0/s1. The van der Waals surface area contributed by atoms with Gasteiger partial charge in [0.2, 0.25) is 0 Å². The predicted octanol–water partition coefficient (Wildman–Crippen LogP) is 0.826. The maximum atomic E-state index is 12.2. The third kappa shape index (κ3) is 3.10. The largest absolute Gasteiger partial charge is 0.478 e. The summed E-state index contributed by atoms with van der Waals surface area (Å²) in [7, 11) is 1.57. The Labute approximate surface area is 121 Å². The van der Waals surface area contributed by atoms with E-state index in [0.29, 0.717) is 5.69 Å². The molecule has 2 heterocycles. The first-order valence-electron chi connectivity index (χ1n) is 6.53. The molecule has 1 atom stereocenters. The van der Waals surface area contributed by atoms with Crippen molar-refractivity contribution in [1.82, 2.24) is 24.9 Å². The molecule has 0 aliphatic rings. The number of carboxylic acid groups (broad SMARTS) is 1. The molecule has 8 heteroatoms. The van der Waals surface area contributed by atoms with Gasteiger partial charge in [-0.2, -0.15) is 10.2 Å². The second-order valence-electron chi connectivity index (χ2n) is 4.66. The van der Waals surface area contributed by atoms with Crippen molar-refractivity contribution in [2.24, 2.45) is 7.05 Å². The van der Waals surface area contributed by atoms with Crippen molar-refractivity contribution >= 4 is 11.9 Å². The molecule has 2 N–H and O–H groups in total. The topological polar surface area (TPSA) is 102 Å². The molecule has 0 saturated heterocycles. The van der Waals surface area contributed by atoms with Gasteiger partial charge >= 0.3 is 5.97 Å². The summed E-state index contributed by atoms with van der Waals surface area (Å²) in [5, 5.41) is 20.0. The number of carbonyl (C=O) groups excluding carboxylic acids is 1. The first-order valence-corrected chi connectivity index (χ1v) is 6.53. The van der Waals surface area contributed by atoms with Gasteiger partial charge in [0.15, 0.2) is 5.69 Å². The summed E-state index contributed by atoms with van der Waals surface area (Å²) in [4.78, 5) is 23.2. The van der Waals surface area contributed by atoms with E-state index in [4.69, 9.17) is 5.11 Å². The number of nitrogens with zero attached hydrogens (tertiary/aromatic N) is 4. The number of hydrogen-bond donors (Lipinski definition) is 2. The molecule has 0 aliphatic carbocycles. The summed E-state index contributed by atoms with van der Waals surface area (Å²) in [5.74, 6) is -1.72. The Morgan fingerprint density at radius 1 is 1.43 bits per heavy atom. The Morgan fingerprint density at radius 2 is 2.14 bits per heavy atom. The Hall–Kier alpha value is -2.64. The van der Waals surface area contributed by atoms with Crippen LogP contribution >= 0.6 is 0 Å². The van der Waals surface area contributed by atoms with Gasteiger partial charge in [-0.3, -0.25) is 14.2 Å². The lowest BCUT2D eigenvalue weighted by Gasteiger charge is -2.10. The Kier molecular flexibility index (Phi) is 4.06. The molecule has 0 aliphatic heterocycles. The molecule has 2 rings (SSSR count). The number of amides is 1. The van der Waals surface area contributed by atoms with Gasteiger partial charge in [0.25, 0.3) is 5.91 Å². The highest BCUT2D eigenvalue weighted by Gasteiger charge is 2.23. The van der Waals surface area contributed by atoms with E-state index >= 15 is 0 Å². The van der Waals surface area contributed by atoms with Crippen molar-refractivity contribution in [3.05, 3.63) is 35.4 Å². The van der Waals surface area contributed by atoms with E-state index < -0.39 is 11.9 Å². The van der Waals surface area contributed by atoms with Gasteiger partial charge in [-0.25, -0.2) is 4.79 Å². The lowest BCUT2D eigenvalue weighted by atomic mass is 10.2. The molecule has 0 saturated carbocycles. The van der Waals surface area contributed by atoms with Crippen LogP contribution in [0.4, 0.5) is 0 Å². The Morgan fingerprint density at radius 3 is 2.71 bits per heavy atom. The number of carbonyl (C=O) groups is 2. The molecule has 2 aromatic heterocycles. The minimum Gasteiger partial charge on any atom is -0.478 e. The average molecular weight is 291 g/mol. The van der Waals surface area contributed by atoms with Crippen molar-refractivity contribution in [2.75, 3.05) is 0 Å². The van der Waals surface area contributed by atoms with E-state index in [2.05, 4.69) is 15.5 Å². The smallest absolute Gasteiger partial charge is 0.339 e. The number of aromatic nitrogens is 4. The van der Waals surface area contributed by atoms with Crippen molar-refractivity contribution < 1.29 is 14.7 Å². The third-order valence-electron chi connectivity index (χ3n) is 3.05. The molecular formula is C13H17N5O3. The Balaban J connectivity index is 2.16. The van der Waals surface area contributed by atoms with Crippen LogP contribution in [0.3, 0.4) is 0 Å². The number of nitrogens with one attached hydrogen (secondary N) is 1. The number of aryl methyl sites for hydroxylation is 2. The summed E-state index contributed by atoms with van der Waals surface area (Å²) in [5.41, 5.74) is 0.478. The van der Waals surface area contributed by atoms with Crippen molar-refractivity contribution in [1.29, 1.82) is 0 Å². The monoisotopic (exact) mass is 291 g/mol. The van der Waals surface area contributed by atoms with Gasteiger partial charge < -0.3 is 10.4 Å². The van der Waals surface area contributed by atoms with E-state index in [1.165, 1.54) is 10.9 Å². The number of rotatable bonds is 5. The normalized spacial score (nSPS) is 12.1. The average Bonchev–Trinajstić information content (AvgIpc) is 3.04. The quantitative estimate of drug-likeness (QED) is 0.849. The van der Waals surface area contributed by atoms with Crippen molar-refractivity contribution in [3.8, 4) is 0 Å². The SMILES string of the molecule is CCn1ccc([C@H](C)NC(=O)c2nn(C)cc2C(=O)O)n1. The molecule has 0 spiro atoms. The van der Waals surface area contributed by atoms with Gasteiger partial charge in [-0.1, -0.05) is 0 Å². The highest BCUT2D eigenvalue weighted by Crippen LogP contribution is 2.12. The van der Waals surface area contributed by atoms with Crippen LogP contribution in [0.25, 0.3) is 0 Å². The van der Waals surface area contributed by atoms with Gasteiger partial charge in [-0.15, -0.1) is 0 Å².